The van der Waals surface area contributed by atoms with Crippen molar-refractivity contribution in [2.45, 2.75) is 52.6 Å². The van der Waals surface area contributed by atoms with Gasteiger partial charge in [0.05, 0.1) is 0 Å². The quantitative estimate of drug-likeness (QED) is 0.323. The molecule has 0 saturated carbocycles. The lowest BCUT2D eigenvalue weighted by Gasteiger charge is -2.32. The largest absolute Gasteiger partial charge is 0.354 e. The average Bonchev–Trinajstić information content (AvgIpc) is 2.85. The van der Waals surface area contributed by atoms with E-state index in [0.717, 1.165) is 21.2 Å². The zero-order valence-electron chi connectivity index (χ0n) is 20.8. The number of nitrogens with zero attached hydrogens (tertiary/aromatic N) is 1. The fraction of sp³-hybridized carbons (Fsp3) is 0.333. The van der Waals surface area contributed by atoms with Gasteiger partial charge in [0.15, 0.2) is 0 Å². The molecule has 0 aromatic heterocycles. The minimum Gasteiger partial charge on any atom is -0.354 e. The van der Waals surface area contributed by atoms with E-state index >= 15 is 0 Å². The first kappa shape index (κ1) is 26.7. The van der Waals surface area contributed by atoms with Gasteiger partial charge in [-0.1, -0.05) is 102 Å². The molecule has 3 rings (SSSR count). The van der Waals surface area contributed by atoms with Gasteiger partial charge in [-0.3, -0.25) is 9.59 Å². The van der Waals surface area contributed by atoms with Crippen molar-refractivity contribution in [2.75, 3.05) is 6.54 Å². The number of nitrogens with one attached hydrogen (secondary N) is 1. The molecule has 0 radical (unpaired) electrons. The number of benzene rings is 3. The summed E-state index contributed by atoms with van der Waals surface area (Å²) in [7, 11) is 0. The van der Waals surface area contributed by atoms with Crippen molar-refractivity contribution in [2.24, 2.45) is 5.92 Å². The molecular weight excluding hydrogens is 500 g/mol. The monoisotopic (exact) mass is 534 g/mol. The molecule has 0 spiro atoms. The van der Waals surface area contributed by atoms with Crippen LogP contribution < -0.4 is 5.32 Å². The maximum atomic E-state index is 13.7. The molecule has 0 fully saturated rings. The molecule has 1 atom stereocenters. The standard InChI is InChI=1S/C30H35BrN2O2/c1-22(2)20-32-30(35)28(19-25-8-5-4-6-9-25)33(21-26-10-7-11-27(31)18-26)29(34)17-16-24-14-12-23(3)13-15-24/h4-15,18,22,28H,16-17,19-21H2,1-3H3,(H,32,35)/t28-/m0/s1. The molecule has 0 saturated heterocycles. The molecule has 0 heterocycles. The molecule has 0 aliphatic heterocycles. The Morgan fingerprint density at radius 3 is 2.23 bits per heavy atom. The van der Waals surface area contributed by atoms with Gasteiger partial charge in [0.25, 0.3) is 0 Å². The Hall–Kier alpha value is -2.92. The van der Waals surface area contributed by atoms with Gasteiger partial charge < -0.3 is 10.2 Å². The highest BCUT2D eigenvalue weighted by atomic mass is 79.9. The summed E-state index contributed by atoms with van der Waals surface area (Å²) in [6.45, 7) is 7.14. The van der Waals surface area contributed by atoms with E-state index in [1.54, 1.807) is 4.90 Å². The first-order valence-corrected chi connectivity index (χ1v) is 13.0. The number of carbonyl (C=O) groups excluding carboxylic acids is 2. The number of rotatable bonds is 11. The van der Waals surface area contributed by atoms with Crippen molar-refractivity contribution in [3.05, 3.63) is 106 Å². The van der Waals surface area contributed by atoms with E-state index in [9.17, 15) is 9.59 Å². The summed E-state index contributed by atoms with van der Waals surface area (Å²) in [6.07, 6.45) is 1.45. The van der Waals surface area contributed by atoms with Crippen LogP contribution >= 0.6 is 15.9 Å². The van der Waals surface area contributed by atoms with Gasteiger partial charge in [-0.25, -0.2) is 0 Å². The number of amides is 2. The molecule has 0 aliphatic rings. The number of carbonyl (C=O) groups is 2. The lowest BCUT2D eigenvalue weighted by molar-refractivity contribution is -0.141. The van der Waals surface area contributed by atoms with Gasteiger partial charge in [-0.2, -0.15) is 0 Å². The van der Waals surface area contributed by atoms with Crippen LogP contribution in [0.2, 0.25) is 0 Å². The van der Waals surface area contributed by atoms with Crippen LogP contribution in [0, 0.1) is 12.8 Å². The minimum atomic E-state index is -0.597. The molecule has 184 valence electrons. The Kier molecular flexibility index (Phi) is 10.1. The van der Waals surface area contributed by atoms with E-state index in [2.05, 4.69) is 66.3 Å². The lowest BCUT2D eigenvalue weighted by Crippen LogP contribution is -2.51. The molecule has 3 aromatic carbocycles. The van der Waals surface area contributed by atoms with Crippen LogP contribution in [-0.2, 0) is 29.0 Å². The Morgan fingerprint density at radius 2 is 1.57 bits per heavy atom. The van der Waals surface area contributed by atoms with E-state index in [0.29, 0.717) is 38.3 Å². The van der Waals surface area contributed by atoms with Crippen LogP contribution in [0.5, 0.6) is 0 Å². The van der Waals surface area contributed by atoms with Gasteiger partial charge >= 0.3 is 0 Å². The molecular formula is C30H35BrN2O2. The Labute approximate surface area is 217 Å². The second-order valence-corrected chi connectivity index (χ2v) is 10.4. The van der Waals surface area contributed by atoms with Gasteiger partial charge in [-0.15, -0.1) is 0 Å². The Bertz CT molecular complexity index is 1100. The molecule has 4 nitrogen and oxygen atoms in total. The number of hydrogen-bond donors (Lipinski definition) is 1. The van der Waals surface area contributed by atoms with Gasteiger partial charge in [0.2, 0.25) is 11.8 Å². The highest BCUT2D eigenvalue weighted by Gasteiger charge is 2.30. The fourth-order valence-electron chi connectivity index (χ4n) is 3.96. The van der Waals surface area contributed by atoms with E-state index in [4.69, 9.17) is 0 Å². The molecule has 3 aromatic rings. The van der Waals surface area contributed by atoms with Crippen LogP contribution in [0.4, 0.5) is 0 Å². The van der Waals surface area contributed by atoms with Gasteiger partial charge in [-0.05, 0) is 48.1 Å². The summed E-state index contributed by atoms with van der Waals surface area (Å²) >= 11 is 3.53. The van der Waals surface area contributed by atoms with Gasteiger partial charge in [0.1, 0.15) is 6.04 Å². The molecule has 2 amide bonds. The summed E-state index contributed by atoms with van der Waals surface area (Å²) in [4.78, 5) is 28.9. The van der Waals surface area contributed by atoms with Crippen LogP contribution in [-0.4, -0.2) is 29.3 Å². The highest BCUT2D eigenvalue weighted by Crippen LogP contribution is 2.19. The third kappa shape index (κ3) is 8.66. The second-order valence-electron chi connectivity index (χ2n) is 9.48. The normalized spacial score (nSPS) is 11.8. The molecule has 0 aliphatic carbocycles. The molecule has 0 unspecified atom stereocenters. The van der Waals surface area contributed by atoms with Crippen molar-refractivity contribution in [3.63, 3.8) is 0 Å². The summed E-state index contributed by atoms with van der Waals surface area (Å²) in [5.74, 6) is 0.194. The van der Waals surface area contributed by atoms with Crippen LogP contribution in [0.3, 0.4) is 0 Å². The van der Waals surface area contributed by atoms with Crippen LogP contribution in [0.15, 0.2) is 83.3 Å². The Balaban J connectivity index is 1.89. The smallest absolute Gasteiger partial charge is 0.243 e. The minimum absolute atomic E-state index is 0.0221. The summed E-state index contributed by atoms with van der Waals surface area (Å²) in [6, 6.07) is 25.5. The van der Waals surface area contributed by atoms with Crippen molar-refractivity contribution in [3.8, 4) is 0 Å². The van der Waals surface area contributed by atoms with E-state index in [-0.39, 0.29) is 11.8 Å². The van der Waals surface area contributed by atoms with Crippen LogP contribution in [0.25, 0.3) is 0 Å². The first-order chi connectivity index (χ1) is 16.8. The summed E-state index contributed by atoms with van der Waals surface area (Å²) in [5.41, 5.74) is 4.33. The van der Waals surface area contributed by atoms with Crippen molar-refractivity contribution >= 4 is 27.7 Å². The highest BCUT2D eigenvalue weighted by molar-refractivity contribution is 9.10. The Morgan fingerprint density at radius 1 is 0.886 bits per heavy atom. The molecule has 1 N–H and O–H groups in total. The number of aryl methyl sites for hydroxylation is 2. The third-order valence-electron chi connectivity index (χ3n) is 5.95. The average molecular weight is 536 g/mol. The SMILES string of the molecule is Cc1ccc(CCC(=O)N(Cc2cccc(Br)c2)[C@@H](Cc2ccccc2)C(=O)NCC(C)C)cc1. The van der Waals surface area contributed by atoms with Crippen molar-refractivity contribution < 1.29 is 9.59 Å². The fourth-order valence-corrected chi connectivity index (χ4v) is 4.40. The van der Waals surface area contributed by atoms with Crippen LogP contribution in [0.1, 0.15) is 42.5 Å². The zero-order chi connectivity index (χ0) is 25.2. The summed E-state index contributed by atoms with van der Waals surface area (Å²) < 4.78 is 0.950. The topological polar surface area (TPSA) is 49.4 Å². The van der Waals surface area contributed by atoms with E-state index in [1.807, 2.05) is 54.6 Å². The van der Waals surface area contributed by atoms with E-state index in [1.165, 1.54) is 5.56 Å². The van der Waals surface area contributed by atoms with Gasteiger partial charge in [0, 0.05) is 30.4 Å². The molecule has 5 heteroatoms. The van der Waals surface area contributed by atoms with E-state index < -0.39 is 6.04 Å². The zero-order valence-corrected chi connectivity index (χ0v) is 22.4. The molecule has 35 heavy (non-hydrogen) atoms. The second kappa shape index (κ2) is 13.2. The number of halogens is 1. The number of hydrogen-bond acceptors (Lipinski definition) is 2. The predicted octanol–water partition coefficient (Wildman–Crippen LogP) is 6.10. The first-order valence-electron chi connectivity index (χ1n) is 12.2. The predicted molar refractivity (Wildman–Crippen MR) is 146 cm³/mol. The van der Waals surface area contributed by atoms with Crippen molar-refractivity contribution in [1.82, 2.24) is 10.2 Å². The third-order valence-corrected chi connectivity index (χ3v) is 6.44. The van der Waals surface area contributed by atoms with Crippen molar-refractivity contribution in [1.29, 1.82) is 0 Å². The maximum absolute atomic E-state index is 13.7. The summed E-state index contributed by atoms with van der Waals surface area (Å²) in [5, 5.41) is 3.07. The maximum Gasteiger partial charge on any atom is 0.243 e. The lowest BCUT2D eigenvalue weighted by atomic mass is 10.0. The molecule has 0 bridgehead atoms.